The fourth-order valence-corrected chi connectivity index (χ4v) is 4.14. The van der Waals surface area contributed by atoms with E-state index in [0.717, 1.165) is 22.9 Å². The summed E-state index contributed by atoms with van der Waals surface area (Å²) in [7, 11) is 0. The van der Waals surface area contributed by atoms with Crippen LogP contribution in [0.2, 0.25) is 0 Å². The van der Waals surface area contributed by atoms with Crippen molar-refractivity contribution in [1.29, 1.82) is 0 Å². The summed E-state index contributed by atoms with van der Waals surface area (Å²) >= 11 is 3.48. The van der Waals surface area contributed by atoms with Crippen LogP contribution in [0.15, 0.2) is 22.7 Å². The third-order valence-corrected chi connectivity index (χ3v) is 5.45. The average Bonchev–Trinajstić information content (AvgIpc) is 2.32. The van der Waals surface area contributed by atoms with Crippen molar-refractivity contribution < 1.29 is 9.50 Å². The van der Waals surface area contributed by atoms with E-state index in [1.54, 1.807) is 12.1 Å². The molecule has 0 amide bonds. The maximum atomic E-state index is 13.5. The van der Waals surface area contributed by atoms with Crippen LogP contribution in [0.25, 0.3) is 0 Å². The first-order chi connectivity index (χ1) is 9.32. The van der Waals surface area contributed by atoms with Gasteiger partial charge in [-0.15, -0.1) is 0 Å². The molecule has 3 heteroatoms. The molecule has 1 aliphatic rings. The van der Waals surface area contributed by atoms with Gasteiger partial charge in [-0.3, -0.25) is 0 Å². The molecule has 1 aromatic carbocycles. The largest absolute Gasteiger partial charge is 0.389 e. The van der Waals surface area contributed by atoms with E-state index in [1.165, 1.54) is 12.5 Å². The molecule has 1 fully saturated rings. The highest BCUT2D eigenvalue weighted by Gasteiger charge is 2.42. The van der Waals surface area contributed by atoms with Crippen molar-refractivity contribution in [3.8, 4) is 0 Å². The molecule has 0 bridgehead atoms. The molecule has 3 atom stereocenters. The highest BCUT2D eigenvalue weighted by molar-refractivity contribution is 9.10. The quantitative estimate of drug-likeness (QED) is 0.823. The molecule has 20 heavy (non-hydrogen) atoms. The Balaban J connectivity index is 2.28. The highest BCUT2D eigenvalue weighted by Crippen LogP contribution is 2.43. The predicted octanol–water partition coefficient (Wildman–Crippen LogP) is 4.95. The van der Waals surface area contributed by atoms with E-state index in [-0.39, 0.29) is 11.7 Å². The lowest BCUT2D eigenvalue weighted by Gasteiger charge is -2.45. The van der Waals surface area contributed by atoms with E-state index in [9.17, 15) is 9.50 Å². The minimum absolute atomic E-state index is 0.239. The third kappa shape index (κ3) is 3.43. The highest BCUT2D eigenvalue weighted by atomic mass is 79.9. The van der Waals surface area contributed by atoms with Crippen LogP contribution in [-0.4, -0.2) is 10.7 Å². The molecule has 0 spiro atoms. The average molecular weight is 343 g/mol. The van der Waals surface area contributed by atoms with Gasteiger partial charge in [0.2, 0.25) is 0 Å². The summed E-state index contributed by atoms with van der Waals surface area (Å²) in [6, 6.07) is 4.71. The van der Waals surface area contributed by atoms with E-state index in [2.05, 4.69) is 36.7 Å². The Labute approximate surface area is 129 Å². The van der Waals surface area contributed by atoms with Gasteiger partial charge in [0.05, 0.1) is 5.60 Å². The lowest BCUT2D eigenvalue weighted by Crippen LogP contribution is -2.47. The monoisotopic (exact) mass is 342 g/mol. The number of aliphatic hydroxyl groups is 1. The van der Waals surface area contributed by atoms with Gasteiger partial charge in [-0.05, 0) is 54.4 Å². The van der Waals surface area contributed by atoms with E-state index >= 15 is 0 Å². The first-order valence-electron chi connectivity index (χ1n) is 7.48. The molecule has 1 N–H and O–H groups in total. The lowest BCUT2D eigenvalue weighted by molar-refractivity contribution is -0.0796. The zero-order valence-corrected chi connectivity index (χ0v) is 14.1. The maximum Gasteiger partial charge on any atom is 0.123 e. The van der Waals surface area contributed by atoms with Crippen molar-refractivity contribution >= 4 is 15.9 Å². The Morgan fingerprint density at radius 3 is 2.75 bits per heavy atom. The molecule has 0 radical (unpaired) electrons. The SMILES string of the molecule is CC1CCC(C(C)C)C(O)(Cc2cc(F)ccc2Br)C1. The fraction of sp³-hybridized carbons (Fsp3) is 0.647. The van der Waals surface area contributed by atoms with Gasteiger partial charge in [0.25, 0.3) is 0 Å². The predicted molar refractivity (Wildman–Crippen MR) is 84.1 cm³/mol. The van der Waals surface area contributed by atoms with E-state index < -0.39 is 5.60 Å². The van der Waals surface area contributed by atoms with Crippen molar-refractivity contribution in [2.45, 2.75) is 52.1 Å². The van der Waals surface area contributed by atoms with Gasteiger partial charge in [-0.25, -0.2) is 4.39 Å². The lowest BCUT2D eigenvalue weighted by atomic mass is 9.65. The standard InChI is InChI=1S/C17H24BrFO/c1-11(2)15-6-4-12(3)9-17(15,20)10-13-8-14(19)5-7-16(13)18/h5,7-8,11-12,15,20H,4,6,9-10H2,1-3H3. The van der Waals surface area contributed by atoms with Gasteiger partial charge in [0, 0.05) is 10.9 Å². The van der Waals surface area contributed by atoms with Gasteiger partial charge >= 0.3 is 0 Å². The summed E-state index contributed by atoms with van der Waals surface area (Å²) in [6.07, 6.45) is 3.56. The molecular formula is C17H24BrFO. The molecule has 1 nitrogen and oxygen atoms in total. The van der Waals surface area contributed by atoms with Crippen molar-refractivity contribution in [3.05, 3.63) is 34.1 Å². The number of rotatable bonds is 3. The van der Waals surface area contributed by atoms with Gasteiger partial charge in [-0.1, -0.05) is 43.1 Å². The van der Waals surface area contributed by atoms with Gasteiger partial charge in [-0.2, -0.15) is 0 Å². The Morgan fingerprint density at radius 2 is 2.10 bits per heavy atom. The molecule has 1 aliphatic carbocycles. The van der Waals surface area contributed by atoms with Crippen LogP contribution in [0.3, 0.4) is 0 Å². The Hall–Kier alpha value is -0.410. The zero-order chi connectivity index (χ0) is 14.9. The summed E-state index contributed by atoms with van der Waals surface area (Å²) in [5.74, 6) is 1.02. The summed E-state index contributed by atoms with van der Waals surface area (Å²) < 4.78 is 14.3. The molecule has 2 rings (SSSR count). The minimum atomic E-state index is -0.720. The van der Waals surface area contributed by atoms with Crippen molar-refractivity contribution in [2.24, 2.45) is 17.8 Å². The van der Waals surface area contributed by atoms with Crippen molar-refractivity contribution in [1.82, 2.24) is 0 Å². The Bertz CT molecular complexity index is 474. The van der Waals surface area contributed by atoms with Gasteiger partial charge in [0.15, 0.2) is 0 Å². The van der Waals surface area contributed by atoms with Crippen LogP contribution in [0.1, 0.15) is 45.6 Å². The molecule has 1 saturated carbocycles. The van der Waals surface area contributed by atoms with Crippen LogP contribution in [0.4, 0.5) is 4.39 Å². The maximum absolute atomic E-state index is 13.5. The second-order valence-electron chi connectivity index (χ2n) is 6.75. The summed E-state index contributed by atoms with van der Waals surface area (Å²) in [5.41, 5.74) is 0.148. The smallest absolute Gasteiger partial charge is 0.123 e. The van der Waals surface area contributed by atoms with Crippen LogP contribution in [0, 0.1) is 23.6 Å². The molecule has 1 aromatic rings. The van der Waals surface area contributed by atoms with Crippen LogP contribution in [0.5, 0.6) is 0 Å². The Morgan fingerprint density at radius 1 is 1.40 bits per heavy atom. The molecule has 3 unspecified atom stereocenters. The first-order valence-corrected chi connectivity index (χ1v) is 8.27. The molecule has 112 valence electrons. The van der Waals surface area contributed by atoms with E-state index in [4.69, 9.17) is 0 Å². The van der Waals surface area contributed by atoms with Crippen molar-refractivity contribution in [3.63, 3.8) is 0 Å². The molecule has 0 aromatic heterocycles. The van der Waals surface area contributed by atoms with Crippen LogP contribution in [-0.2, 0) is 6.42 Å². The Kier molecular flexibility index (Phi) is 4.91. The minimum Gasteiger partial charge on any atom is -0.389 e. The van der Waals surface area contributed by atoms with Crippen LogP contribution < -0.4 is 0 Å². The van der Waals surface area contributed by atoms with Gasteiger partial charge in [0.1, 0.15) is 5.82 Å². The van der Waals surface area contributed by atoms with E-state index in [0.29, 0.717) is 18.3 Å². The molecule has 0 heterocycles. The normalized spacial score (nSPS) is 30.8. The second kappa shape index (κ2) is 6.15. The number of benzene rings is 1. The summed E-state index contributed by atoms with van der Waals surface area (Å²) in [4.78, 5) is 0. The summed E-state index contributed by atoms with van der Waals surface area (Å²) in [6.45, 7) is 6.54. The van der Waals surface area contributed by atoms with Crippen molar-refractivity contribution in [2.75, 3.05) is 0 Å². The zero-order valence-electron chi connectivity index (χ0n) is 12.5. The molecular weight excluding hydrogens is 319 g/mol. The van der Waals surface area contributed by atoms with E-state index in [1.807, 2.05) is 0 Å². The topological polar surface area (TPSA) is 20.2 Å². The second-order valence-corrected chi connectivity index (χ2v) is 7.61. The van der Waals surface area contributed by atoms with Gasteiger partial charge < -0.3 is 5.11 Å². The fourth-order valence-electron chi connectivity index (χ4n) is 3.76. The third-order valence-electron chi connectivity index (χ3n) is 4.67. The molecule has 0 saturated heterocycles. The number of hydrogen-bond donors (Lipinski definition) is 1. The number of hydrogen-bond acceptors (Lipinski definition) is 1. The molecule has 0 aliphatic heterocycles. The number of halogens is 2. The van der Waals surface area contributed by atoms with Crippen LogP contribution >= 0.6 is 15.9 Å². The summed E-state index contributed by atoms with van der Waals surface area (Å²) in [5, 5.41) is 11.2. The first kappa shape index (κ1) is 16.0.